The molecule has 2 N–H and O–H groups in total. The van der Waals surface area contributed by atoms with Gasteiger partial charge in [0.15, 0.2) is 5.13 Å². The Bertz CT molecular complexity index is 781. The van der Waals surface area contributed by atoms with Gasteiger partial charge in [-0.1, -0.05) is 23.7 Å². The molecule has 0 saturated carbocycles. The van der Waals surface area contributed by atoms with Gasteiger partial charge < -0.3 is 4.98 Å². The maximum absolute atomic E-state index is 12.1. The summed E-state index contributed by atoms with van der Waals surface area (Å²) in [5.74, 6) is 0.0710. The number of thiazole rings is 1. The van der Waals surface area contributed by atoms with Crippen molar-refractivity contribution >= 4 is 56.5 Å². The summed E-state index contributed by atoms with van der Waals surface area (Å²) in [4.78, 5) is 19.3. The van der Waals surface area contributed by atoms with Gasteiger partial charge in [-0.15, -0.1) is 22.9 Å². The molecule has 0 aliphatic carbocycles. The molecular weight excluding hydrogens is 317 g/mol. The van der Waals surface area contributed by atoms with Crippen LogP contribution in [0.15, 0.2) is 29.6 Å². The average molecular weight is 326 g/mol. The first kappa shape index (κ1) is 13.4. The fourth-order valence-electron chi connectivity index (χ4n) is 1.83. The van der Waals surface area contributed by atoms with E-state index in [2.05, 4.69) is 15.3 Å². The van der Waals surface area contributed by atoms with Crippen molar-refractivity contribution in [2.45, 2.75) is 5.88 Å². The summed E-state index contributed by atoms with van der Waals surface area (Å²) < 4.78 is 0. The van der Waals surface area contributed by atoms with Crippen LogP contribution in [0, 0.1) is 0 Å². The van der Waals surface area contributed by atoms with Gasteiger partial charge in [-0.05, 0) is 12.1 Å². The van der Waals surface area contributed by atoms with E-state index in [0.29, 0.717) is 21.7 Å². The van der Waals surface area contributed by atoms with Gasteiger partial charge in [-0.3, -0.25) is 10.1 Å². The van der Waals surface area contributed by atoms with E-state index in [-0.39, 0.29) is 5.91 Å². The zero-order chi connectivity index (χ0) is 14.1. The Labute approximate surface area is 128 Å². The van der Waals surface area contributed by atoms with E-state index >= 15 is 0 Å². The highest BCUT2D eigenvalue weighted by Crippen LogP contribution is 2.24. The van der Waals surface area contributed by atoms with Gasteiger partial charge in [0, 0.05) is 10.8 Å². The Morgan fingerprint density at radius 3 is 3.00 bits per heavy atom. The zero-order valence-electron chi connectivity index (χ0n) is 10.1. The van der Waals surface area contributed by atoms with Crippen molar-refractivity contribution in [1.82, 2.24) is 9.97 Å². The number of rotatable bonds is 3. The molecule has 0 fully saturated rings. The molecule has 7 heteroatoms. The summed E-state index contributed by atoms with van der Waals surface area (Å²) in [6.45, 7) is 0. The molecule has 0 aliphatic rings. The van der Waals surface area contributed by atoms with Crippen molar-refractivity contribution in [2.75, 3.05) is 5.32 Å². The number of fused-ring (bicyclic) bond motifs is 1. The number of benzene rings is 1. The van der Waals surface area contributed by atoms with Crippen LogP contribution in [0.4, 0.5) is 5.13 Å². The largest absolute Gasteiger partial charge is 0.349 e. The highest BCUT2D eigenvalue weighted by Gasteiger charge is 2.12. The standard InChI is InChI=1S/C13H9Cl2N3OS/c14-5-8-6-20-13(16-8)18-12(19)10-4-7-2-1-3-9(15)11(7)17-10/h1-4,6,17H,5H2,(H,16,18,19). The molecule has 2 heterocycles. The second-order valence-corrected chi connectivity index (χ2v) is 5.65. The monoisotopic (exact) mass is 325 g/mol. The predicted molar refractivity (Wildman–Crippen MR) is 82.9 cm³/mol. The van der Waals surface area contributed by atoms with Crippen LogP contribution < -0.4 is 5.32 Å². The number of nitrogens with zero attached hydrogens (tertiary/aromatic N) is 1. The summed E-state index contributed by atoms with van der Waals surface area (Å²) in [5.41, 5.74) is 1.93. The minimum Gasteiger partial charge on any atom is -0.349 e. The summed E-state index contributed by atoms with van der Waals surface area (Å²) in [5, 5.41) is 6.54. The third kappa shape index (κ3) is 2.52. The number of para-hydroxylation sites is 1. The fourth-order valence-corrected chi connectivity index (χ4v) is 2.99. The van der Waals surface area contributed by atoms with E-state index in [4.69, 9.17) is 23.2 Å². The van der Waals surface area contributed by atoms with Gasteiger partial charge >= 0.3 is 0 Å². The van der Waals surface area contributed by atoms with Crippen LogP contribution in [0.5, 0.6) is 0 Å². The number of anilines is 1. The summed E-state index contributed by atoms with van der Waals surface area (Å²) in [6.07, 6.45) is 0. The molecule has 20 heavy (non-hydrogen) atoms. The number of aromatic amines is 1. The lowest BCUT2D eigenvalue weighted by molar-refractivity contribution is 0.102. The van der Waals surface area contributed by atoms with Gasteiger partial charge in [0.25, 0.3) is 5.91 Å². The Morgan fingerprint density at radius 2 is 2.30 bits per heavy atom. The van der Waals surface area contributed by atoms with E-state index < -0.39 is 0 Å². The lowest BCUT2D eigenvalue weighted by Crippen LogP contribution is -2.12. The molecule has 0 saturated heterocycles. The number of alkyl halides is 1. The molecule has 0 atom stereocenters. The van der Waals surface area contributed by atoms with Gasteiger partial charge in [-0.2, -0.15) is 0 Å². The molecule has 1 amide bonds. The van der Waals surface area contributed by atoms with Crippen molar-refractivity contribution in [3.8, 4) is 0 Å². The summed E-state index contributed by atoms with van der Waals surface area (Å²) in [7, 11) is 0. The zero-order valence-corrected chi connectivity index (χ0v) is 12.4. The number of amides is 1. The Morgan fingerprint density at radius 1 is 1.45 bits per heavy atom. The van der Waals surface area contributed by atoms with Crippen LogP contribution in [-0.2, 0) is 5.88 Å². The van der Waals surface area contributed by atoms with Crippen molar-refractivity contribution < 1.29 is 4.79 Å². The number of aromatic nitrogens is 2. The summed E-state index contributed by atoms with van der Waals surface area (Å²) >= 11 is 13.1. The third-order valence-electron chi connectivity index (χ3n) is 2.76. The van der Waals surface area contributed by atoms with Crippen LogP contribution in [0.1, 0.15) is 16.2 Å². The van der Waals surface area contributed by atoms with Crippen LogP contribution in [0.25, 0.3) is 10.9 Å². The second kappa shape index (κ2) is 5.44. The molecule has 3 rings (SSSR count). The average Bonchev–Trinajstić information content (AvgIpc) is 3.05. The first-order chi connectivity index (χ1) is 9.67. The molecule has 1 aromatic carbocycles. The fraction of sp³-hybridized carbons (Fsp3) is 0.0769. The van der Waals surface area contributed by atoms with Crippen molar-refractivity contribution in [1.29, 1.82) is 0 Å². The first-order valence-corrected chi connectivity index (χ1v) is 7.55. The molecule has 3 aromatic rings. The topological polar surface area (TPSA) is 57.8 Å². The molecule has 0 unspecified atom stereocenters. The predicted octanol–water partition coefficient (Wildman–Crippen LogP) is 4.27. The number of hydrogen-bond acceptors (Lipinski definition) is 3. The normalized spacial score (nSPS) is 10.9. The van der Waals surface area contributed by atoms with Crippen LogP contribution in [-0.4, -0.2) is 15.9 Å². The Kier molecular flexibility index (Phi) is 3.65. The van der Waals surface area contributed by atoms with Gasteiger partial charge in [0.05, 0.1) is 22.1 Å². The van der Waals surface area contributed by atoms with Gasteiger partial charge in [-0.25, -0.2) is 4.98 Å². The molecular formula is C13H9Cl2N3OS. The maximum Gasteiger partial charge on any atom is 0.273 e. The SMILES string of the molecule is O=C(Nc1nc(CCl)cs1)c1cc2cccc(Cl)c2[nH]1. The maximum atomic E-state index is 12.1. The minimum absolute atomic E-state index is 0.257. The molecule has 0 radical (unpaired) electrons. The second-order valence-electron chi connectivity index (χ2n) is 4.12. The quantitative estimate of drug-likeness (QED) is 0.706. The van der Waals surface area contributed by atoms with E-state index in [1.165, 1.54) is 11.3 Å². The van der Waals surface area contributed by atoms with Crippen molar-refractivity contribution in [3.05, 3.63) is 46.1 Å². The lowest BCUT2D eigenvalue weighted by Gasteiger charge is -1.98. The van der Waals surface area contributed by atoms with E-state index in [9.17, 15) is 4.79 Å². The molecule has 2 aromatic heterocycles. The van der Waals surface area contributed by atoms with E-state index in [1.807, 2.05) is 17.5 Å². The van der Waals surface area contributed by atoms with E-state index in [1.54, 1.807) is 12.1 Å². The third-order valence-corrected chi connectivity index (χ3v) is 4.15. The molecule has 102 valence electrons. The molecule has 4 nitrogen and oxygen atoms in total. The number of nitrogens with one attached hydrogen (secondary N) is 2. The smallest absolute Gasteiger partial charge is 0.273 e. The molecule has 0 bridgehead atoms. The number of halogens is 2. The van der Waals surface area contributed by atoms with Crippen LogP contribution in [0.2, 0.25) is 5.02 Å². The number of H-pyrrole nitrogens is 1. The lowest BCUT2D eigenvalue weighted by atomic mass is 10.2. The highest BCUT2D eigenvalue weighted by molar-refractivity contribution is 7.14. The van der Waals surface area contributed by atoms with Crippen molar-refractivity contribution in [3.63, 3.8) is 0 Å². The van der Waals surface area contributed by atoms with E-state index in [0.717, 1.165) is 16.6 Å². The highest BCUT2D eigenvalue weighted by atomic mass is 35.5. The molecule has 0 spiro atoms. The number of carbonyl (C=O) groups is 1. The van der Waals surface area contributed by atoms with Crippen molar-refractivity contribution in [2.24, 2.45) is 0 Å². The Balaban J connectivity index is 1.86. The van der Waals surface area contributed by atoms with Crippen LogP contribution in [0.3, 0.4) is 0 Å². The Hall–Kier alpha value is -1.56. The van der Waals surface area contributed by atoms with Gasteiger partial charge in [0.1, 0.15) is 5.69 Å². The van der Waals surface area contributed by atoms with Gasteiger partial charge in [0.2, 0.25) is 0 Å². The molecule has 0 aliphatic heterocycles. The minimum atomic E-state index is -0.257. The first-order valence-electron chi connectivity index (χ1n) is 5.76. The number of hydrogen-bond donors (Lipinski definition) is 2. The summed E-state index contributed by atoms with van der Waals surface area (Å²) in [6, 6.07) is 7.26. The van der Waals surface area contributed by atoms with Crippen LogP contribution >= 0.6 is 34.5 Å². The number of carbonyl (C=O) groups excluding carboxylic acids is 1.